The molecule has 2 aromatic carbocycles. The second-order valence-corrected chi connectivity index (χ2v) is 7.28. The van der Waals surface area contributed by atoms with E-state index in [1.807, 2.05) is 18.2 Å². The summed E-state index contributed by atoms with van der Waals surface area (Å²) < 4.78 is 3.33. The highest BCUT2D eigenvalue weighted by molar-refractivity contribution is 14.1. The molecule has 0 N–H and O–H groups in total. The van der Waals surface area contributed by atoms with Crippen LogP contribution in [0.25, 0.3) is 0 Å². The fourth-order valence-electron chi connectivity index (χ4n) is 2.15. The number of nitrogens with zero attached hydrogens (tertiary/aromatic N) is 2. The van der Waals surface area contributed by atoms with Gasteiger partial charge < -0.3 is 3.11 Å². The highest BCUT2D eigenvalue weighted by Gasteiger charge is 2.20. The minimum atomic E-state index is 0.666. The predicted molar refractivity (Wildman–Crippen MR) is 105 cm³/mol. The van der Waals surface area contributed by atoms with Crippen LogP contribution in [0.2, 0.25) is 0 Å². The van der Waals surface area contributed by atoms with Crippen molar-refractivity contribution < 1.29 is 0 Å². The number of fused-ring (bicyclic) bond motifs is 1. The second kappa shape index (κ2) is 6.07. The Balaban J connectivity index is 2.24. The van der Waals surface area contributed by atoms with Gasteiger partial charge in [-0.05, 0) is 40.8 Å². The van der Waals surface area contributed by atoms with E-state index in [-0.39, 0.29) is 0 Å². The van der Waals surface area contributed by atoms with Crippen LogP contribution in [-0.2, 0) is 0 Å². The van der Waals surface area contributed by atoms with E-state index in [0.29, 0.717) is 11.5 Å². The van der Waals surface area contributed by atoms with Crippen molar-refractivity contribution >= 4 is 74.1 Å². The van der Waals surface area contributed by atoms with Crippen molar-refractivity contribution in [2.24, 2.45) is 4.99 Å². The quantitative estimate of drug-likeness (QED) is 0.320. The smallest absolute Gasteiger partial charge is 0.124 e. The summed E-state index contributed by atoms with van der Waals surface area (Å²) >= 11 is 10.0. The van der Waals surface area contributed by atoms with Gasteiger partial charge in [0.05, 0.1) is 40.8 Å². The number of hydrogen-bond donors (Lipinski definition) is 0. The lowest BCUT2D eigenvalue weighted by Crippen LogP contribution is -2.16. The van der Waals surface area contributed by atoms with Crippen LogP contribution in [0.4, 0.5) is 5.69 Å². The van der Waals surface area contributed by atoms with Crippen molar-refractivity contribution in [2.75, 3.05) is 9.66 Å². The average molecular weight is 504 g/mol. The second-order valence-electron chi connectivity index (χ2n) is 4.40. The number of anilines is 1. The van der Waals surface area contributed by atoms with Crippen molar-refractivity contribution in [1.82, 2.24) is 0 Å². The fourth-order valence-corrected chi connectivity index (χ4v) is 3.84. The molecule has 0 unspecified atom stereocenters. The van der Waals surface area contributed by atoms with Gasteiger partial charge in [-0.2, -0.15) is 0 Å². The van der Waals surface area contributed by atoms with E-state index in [2.05, 4.69) is 83.9 Å². The van der Waals surface area contributed by atoms with Gasteiger partial charge >= 0.3 is 0 Å². The first kappa shape index (κ1) is 14.4. The normalized spacial score (nSPS) is 14.6. The third-order valence-corrected chi connectivity index (χ3v) is 4.79. The van der Waals surface area contributed by atoms with Crippen LogP contribution in [0.3, 0.4) is 0 Å². The number of aliphatic imine (C=N–C) groups is 1. The summed E-state index contributed by atoms with van der Waals surface area (Å²) in [6.45, 7) is 0.666. The first-order valence-electron chi connectivity index (χ1n) is 6.05. The molecule has 20 heavy (non-hydrogen) atoms. The van der Waals surface area contributed by atoms with E-state index in [0.717, 1.165) is 22.5 Å². The summed E-state index contributed by atoms with van der Waals surface area (Å²) in [5.41, 5.74) is 4.36. The van der Waals surface area contributed by atoms with Gasteiger partial charge in [-0.25, -0.2) is 4.99 Å². The molecule has 5 heteroatoms. The lowest BCUT2D eigenvalue weighted by molar-refractivity contribution is 1.30. The zero-order valence-electron chi connectivity index (χ0n) is 10.4. The molecule has 0 saturated carbocycles. The Hall–Kier alpha value is -0.540. The maximum absolute atomic E-state index is 5.39. The zero-order chi connectivity index (χ0) is 14.1. The molecule has 0 aromatic heterocycles. The first-order valence-corrected chi connectivity index (χ1v) is 8.50. The molecule has 100 valence electrons. The van der Waals surface area contributed by atoms with E-state index in [4.69, 9.17) is 12.2 Å². The van der Waals surface area contributed by atoms with Crippen molar-refractivity contribution in [3.05, 3.63) is 63.2 Å². The van der Waals surface area contributed by atoms with Crippen LogP contribution in [0.5, 0.6) is 0 Å². The largest absolute Gasteiger partial charge is 0.307 e. The van der Waals surface area contributed by atoms with Crippen molar-refractivity contribution in [2.45, 2.75) is 0 Å². The van der Waals surface area contributed by atoms with Crippen LogP contribution >= 0.6 is 57.7 Å². The van der Waals surface area contributed by atoms with Gasteiger partial charge in [0.2, 0.25) is 0 Å². The fraction of sp³-hybridized carbons (Fsp3) is 0.0667. The van der Waals surface area contributed by atoms with E-state index < -0.39 is 0 Å². The molecule has 0 radical (unpaired) electrons. The summed E-state index contributed by atoms with van der Waals surface area (Å²) in [7, 11) is 0. The highest BCUT2D eigenvalue weighted by Crippen LogP contribution is 2.30. The summed E-state index contributed by atoms with van der Waals surface area (Å²) in [6.07, 6.45) is 0. The molecule has 1 heterocycles. The van der Waals surface area contributed by atoms with Crippen LogP contribution < -0.4 is 3.11 Å². The Kier molecular flexibility index (Phi) is 4.37. The molecule has 2 aromatic rings. The molecule has 0 amide bonds. The summed E-state index contributed by atoms with van der Waals surface area (Å²) in [4.78, 5) is 5.39. The molecular weight excluding hydrogens is 494 g/mol. The molecule has 0 atom stereocenters. The number of thiocarbonyl (C=S) groups is 1. The van der Waals surface area contributed by atoms with Crippen LogP contribution in [0.1, 0.15) is 11.1 Å². The topological polar surface area (TPSA) is 15.6 Å². The van der Waals surface area contributed by atoms with Gasteiger partial charge in [0, 0.05) is 14.7 Å². The van der Waals surface area contributed by atoms with Crippen LogP contribution in [0.15, 0.2) is 53.5 Å². The Morgan fingerprint density at radius 1 is 1.10 bits per heavy atom. The summed E-state index contributed by atoms with van der Waals surface area (Å²) in [5.74, 6) is 0. The van der Waals surface area contributed by atoms with Gasteiger partial charge in [0.15, 0.2) is 0 Å². The third kappa shape index (κ3) is 2.89. The molecule has 3 rings (SSSR count). The highest BCUT2D eigenvalue weighted by atomic mass is 127. The van der Waals surface area contributed by atoms with E-state index in [9.17, 15) is 0 Å². The van der Waals surface area contributed by atoms with Crippen molar-refractivity contribution in [3.63, 3.8) is 0 Å². The minimum Gasteiger partial charge on any atom is -0.307 e. The van der Waals surface area contributed by atoms with E-state index >= 15 is 0 Å². The van der Waals surface area contributed by atoms with Crippen molar-refractivity contribution in [3.8, 4) is 0 Å². The zero-order valence-corrected chi connectivity index (χ0v) is 15.5. The maximum Gasteiger partial charge on any atom is 0.124 e. The number of hydrogen-bond acceptors (Lipinski definition) is 2. The van der Waals surface area contributed by atoms with Crippen molar-refractivity contribution in [1.29, 1.82) is 0 Å². The van der Waals surface area contributed by atoms with Gasteiger partial charge in [-0.15, -0.1) is 0 Å². The molecule has 0 spiro atoms. The predicted octanol–water partition coefficient (Wildman–Crippen LogP) is 4.63. The van der Waals surface area contributed by atoms with Gasteiger partial charge in [-0.1, -0.05) is 42.5 Å². The monoisotopic (exact) mass is 504 g/mol. The number of benzene rings is 2. The summed E-state index contributed by atoms with van der Waals surface area (Å²) in [5, 5.41) is 0. The standard InChI is InChI=1S/C15H10I2N2S/c16-11-6-7-13-12(8-11)15(10-4-2-1-3-5-10)18-14(20)9-19(13)17/h1-8H,9H2. The molecule has 1 aliphatic heterocycles. The number of benzodiazepines with no additional fused rings is 1. The van der Waals surface area contributed by atoms with E-state index in [1.54, 1.807) is 0 Å². The SMILES string of the molecule is S=C1CN(I)c2ccc(I)cc2C(c2ccccc2)=N1. The lowest BCUT2D eigenvalue weighted by Gasteiger charge is -2.17. The number of halogens is 2. The molecule has 0 saturated heterocycles. The molecule has 0 bridgehead atoms. The Labute approximate surface area is 150 Å². The molecule has 1 aliphatic rings. The Morgan fingerprint density at radius 3 is 2.60 bits per heavy atom. The van der Waals surface area contributed by atoms with Crippen LogP contribution in [0, 0.1) is 3.57 Å². The first-order chi connectivity index (χ1) is 9.65. The molecule has 0 fully saturated rings. The number of rotatable bonds is 1. The average Bonchev–Trinajstić information content (AvgIpc) is 2.56. The molecular formula is C15H10I2N2S. The maximum atomic E-state index is 5.39. The van der Waals surface area contributed by atoms with Crippen LogP contribution in [-0.4, -0.2) is 17.2 Å². The molecule has 0 aliphatic carbocycles. The van der Waals surface area contributed by atoms with Gasteiger partial charge in [-0.3, -0.25) is 0 Å². The van der Waals surface area contributed by atoms with Gasteiger partial charge in [0.25, 0.3) is 0 Å². The van der Waals surface area contributed by atoms with Gasteiger partial charge in [0.1, 0.15) is 4.99 Å². The molecule has 2 nitrogen and oxygen atoms in total. The lowest BCUT2D eigenvalue weighted by atomic mass is 10.0. The van der Waals surface area contributed by atoms with E-state index in [1.165, 1.54) is 3.57 Å². The third-order valence-electron chi connectivity index (χ3n) is 3.03. The Bertz CT molecular complexity index is 698. The minimum absolute atomic E-state index is 0.666. The Morgan fingerprint density at radius 2 is 1.85 bits per heavy atom. The summed E-state index contributed by atoms with van der Waals surface area (Å²) in [6, 6.07) is 16.6.